The maximum absolute atomic E-state index is 12.5. The molecule has 0 fully saturated rings. The molecule has 0 heterocycles. The fourth-order valence-corrected chi connectivity index (χ4v) is 2.81. The highest BCUT2D eigenvalue weighted by atomic mass is 32.2. The summed E-state index contributed by atoms with van der Waals surface area (Å²) >= 11 is 1.41. The zero-order valence-corrected chi connectivity index (χ0v) is 14.4. The molecule has 2 aromatic rings. The highest BCUT2D eigenvalue weighted by molar-refractivity contribution is 8.00. The summed E-state index contributed by atoms with van der Waals surface area (Å²) in [5.74, 6) is 0.914. The molecule has 0 aliphatic heterocycles. The largest absolute Gasteiger partial charge is 0.497 e. The molecular formula is C18H18F3NO2S. The van der Waals surface area contributed by atoms with Crippen LogP contribution in [0, 0.1) is 0 Å². The summed E-state index contributed by atoms with van der Waals surface area (Å²) in [5.41, 5.74) is 0.0762. The van der Waals surface area contributed by atoms with E-state index in [0.717, 1.165) is 28.3 Å². The molecule has 7 heteroatoms. The predicted octanol–water partition coefficient (Wildman–Crippen LogP) is 4.17. The van der Waals surface area contributed by atoms with Crippen molar-refractivity contribution in [2.24, 2.45) is 0 Å². The number of ether oxygens (including phenoxy) is 1. The summed E-state index contributed by atoms with van der Waals surface area (Å²) in [4.78, 5) is 12.8. The second kappa shape index (κ2) is 8.80. The van der Waals surface area contributed by atoms with Crippen LogP contribution in [-0.4, -0.2) is 25.3 Å². The molecule has 25 heavy (non-hydrogen) atoms. The lowest BCUT2D eigenvalue weighted by molar-refractivity contribution is -0.137. The van der Waals surface area contributed by atoms with E-state index in [-0.39, 0.29) is 11.7 Å². The molecule has 0 bridgehead atoms. The summed E-state index contributed by atoms with van der Waals surface area (Å²) in [6.07, 6.45) is -3.84. The quantitative estimate of drug-likeness (QED) is 0.745. The molecular weight excluding hydrogens is 351 g/mol. The lowest BCUT2D eigenvalue weighted by Gasteiger charge is -2.08. The SMILES string of the molecule is COc1ccc(SCC(=O)NCCc2ccc(C(F)(F)F)cc2)cc1. The number of carbonyl (C=O) groups excluding carboxylic acids is 1. The molecule has 0 radical (unpaired) electrons. The van der Waals surface area contributed by atoms with Crippen LogP contribution in [0.3, 0.4) is 0 Å². The van der Waals surface area contributed by atoms with Crippen LogP contribution in [0.15, 0.2) is 53.4 Å². The zero-order valence-electron chi connectivity index (χ0n) is 13.6. The van der Waals surface area contributed by atoms with Gasteiger partial charge in [-0.05, 0) is 48.4 Å². The maximum Gasteiger partial charge on any atom is 0.416 e. The van der Waals surface area contributed by atoms with Crippen LogP contribution in [0.25, 0.3) is 0 Å². The first-order valence-electron chi connectivity index (χ1n) is 7.58. The van der Waals surface area contributed by atoms with Gasteiger partial charge in [0.25, 0.3) is 0 Å². The molecule has 2 aromatic carbocycles. The third-order valence-electron chi connectivity index (χ3n) is 3.45. The Bertz CT molecular complexity index is 685. The molecule has 2 rings (SSSR count). The fraction of sp³-hybridized carbons (Fsp3) is 0.278. The second-order valence-corrected chi connectivity index (χ2v) is 6.31. The van der Waals surface area contributed by atoms with Crippen LogP contribution >= 0.6 is 11.8 Å². The van der Waals surface area contributed by atoms with E-state index >= 15 is 0 Å². The summed E-state index contributed by atoms with van der Waals surface area (Å²) in [7, 11) is 1.59. The molecule has 134 valence electrons. The van der Waals surface area contributed by atoms with E-state index in [1.807, 2.05) is 24.3 Å². The molecule has 0 atom stereocenters. The van der Waals surface area contributed by atoms with Gasteiger partial charge in [-0.15, -0.1) is 11.8 Å². The first kappa shape index (κ1) is 19.2. The lowest BCUT2D eigenvalue weighted by Crippen LogP contribution is -2.27. The van der Waals surface area contributed by atoms with E-state index in [0.29, 0.717) is 13.0 Å². The molecule has 1 amide bonds. The van der Waals surface area contributed by atoms with Gasteiger partial charge in [0.2, 0.25) is 5.91 Å². The Hall–Kier alpha value is -2.15. The maximum atomic E-state index is 12.5. The summed E-state index contributed by atoms with van der Waals surface area (Å²) in [6.45, 7) is 0.382. The van der Waals surface area contributed by atoms with Crippen LogP contribution < -0.4 is 10.1 Å². The Morgan fingerprint density at radius 3 is 2.28 bits per heavy atom. The van der Waals surface area contributed by atoms with E-state index in [2.05, 4.69) is 5.32 Å². The average Bonchev–Trinajstić information content (AvgIpc) is 2.60. The molecule has 3 nitrogen and oxygen atoms in total. The van der Waals surface area contributed by atoms with Crippen molar-refractivity contribution in [3.05, 3.63) is 59.7 Å². The van der Waals surface area contributed by atoms with Crippen molar-refractivity contribution < 1.29 is 22.7 Å². The number of amides is 1. The van der Waals surface area contributed by atoms with Gasteiger partial charge in [0.05, 0.1) is 18.4 Å². The first-order valence-corrected chi connectivity index (χ1v) is 8.57. The number of nitrogens with one attached hydrogen (secondary N) is 1. The molecule has 0 aliphatic rings. The summed E-state index contributed by atoms with van der Waals surface area (Å²) in [6, 6.07) is 12.4. The van der Waals surface area contributed by atoms with E-state index in [1.165, 1.54) is 23.9 Å². The van der Waals surface area contributed by atoms with Crippen molar-refractivity contribution in [1.29, 1.82) is 0 Å². The van der Waals surface area contributed by atoms with E-state index in [9.17, 15) is 18.0 Å². The normalized spacial score (nSPS) is 11.2. The Morgan fingerprint density at radius 2 is 1.72 bits per heavy atom. The van der Waals surface area contributed by atoms with E-state index < -0.39 is 11.7 Å². The first-order chi connectivity index (χ1) is 11.9. The highest BCUT2D eigenvalue weighted by Crippen LogP contribution is 2.29. The Labute approximate surface area is 148 Å². The number of carbonyl (C=O) groups is 1. The van der Waals surface area contributed by atoms with Crippen molar-refractivity contribution in [2.75, 3.05) is 19.4 Å². The van der Waals surface area contributed by atoms with Gasteiger partial charge >= 0.3 is 6.18 Å². The number of halogens is 3. The lowest BCUT2D eigenvalue weighted by atomic mass is 10.1. The van der Waals surface area contributed by atoms with Crippen molar-refractivity contribution in [1.82, 2.24) is 5.32 Å². The number of alkyl halides is 3. The standard InChI is InChI=1S/C18H18F3NO2S/c1-24-15-6-8-16(9-7-15)25-12-17(23)22-11-10-13-2-4-14(5-3-13)18(19,20)21/h2-9H,10-12H2,1H3,(H,22,23). The van der Waals surface area contributed by atoms with Crippen LogP contribution in [0.2, 0.25) is 0 Å². The minimum Gasteiger partial charge on any atom is -0.497 e. The van der Waals surface area contributed by atoms with Crippen LogP contribution in [0.5, 0.6) is 5.75 Å². The van der Waals surface area contributed by atoms with Gasteiger partial charge in [0.1, 0.15) is 5.75 Å². The number of rotatable bonds is 7. The minimum absolute atomic E-state index is 0.118. The van der Waals surface area contributed by atoms with Gasteiger partial charge in [-0.25, -0.2) is 0 Å². The van der Waals surface area contributed by atoms with Gasteiger partial charge < -0.3 is 10.1 Å². The monoisotopic (exact) mass is 369 g/mol. The third kappa shape index (κ3) is 6.34. The molecule has 0 aromatic heterocycles. The Morgan fingerprint density at radius 1 is 1.08 bits per heavy atom. The summed E-state index contributed by atoms with van der Waals surface area (Å²) < 4.78 is 42.5. The van der Waals surface area contributed by atoms with Crippen molar-refractivity contribution in [3.8, 4) is 5.75 Å². The number of thioether (sulfide) groups is 1. The van der Waals surface area contributed by atoms with Crippen molar-refractivity contribution >= 4 is 17.7 Å². The Kier molecular flexibility index (Phi) is 6.75. The van der Waals surface area contributed by atoms with Crippen LogP contribution in [-0.2, 0) is 17.4 Å². The molecule has 0 aliphatic carbocycles. The topological polar surface area (TPSA) is 38.3 Å². The fourth-order valence-electron chi connectivity index (χ4n) is 2.08. The number of hydrogen-bond acceptors (Lipinski definition) is 3. The van der Waals surface area contributed by atoms with E-state index in [1.54, 1.807) is 7.11 Å². The van der Waals surface area contributed by atoms with E-state index in [4.69, 9.17) is 4.74 Å². The highest BCUT2D eigenvalue weighted by Gasteiger charge is 2.29. The number of methoxy groups -OCH3 is 1. The number of benzene rings is 2. The van der Waals surface area contributed by atoms with Crippen LogP contribution in [0.1, 0.15) is 11.1 Å². The zero-order chi connectivity index (χ0) is 18.3. The molecule has 0 saturated carbocycles. The average molecular weight is 369 g/mol. The third-order valence-corrected chi connectivity index (χ3v) is 4.46. The predicted molar refractivity (Wildman–Crippen MR) is 91.9 cm³/mol. The van der Waals surface area contributed by atoms with Crippen LogP contribution in [0.4, 0.5) is 13.2 Å². The van der Waals surface area contributed by atoms with Gasteiger partial charge in [-0.3, -0.25) is 4.79 Å². The van der Waals surface area contributed by atoms with Crippen molar-refractivity contribution in [2.45, 2.75) is 17.5 Å². The molecule has 0 spiro atoms. The molecule has 0 saturated heterocycles. The Balaban J connectivity index is 1.71. The summed E-state index contributed by atoms with van der Waals surface area (Å²) in [5, 5.41) is 2.76. The number of hydrogen-bond donors (Lipinski definition) is 1. The van der Waals surface area contributed by atoms with Crippen molar-refractivity contribution in [3.63, 3.8) is 0 Å². The minimum atomic E-state index is -4.33. The van der Waals surface area contributed by atoms with Gasteiger partial charge in [-0.2, -0.15) is 13.2 Å². The van der Waals surface area contributed by atoms with Gasteiger partial charge in [0, 0.05) is 11.4 Å². The van der Waals surface area contributed by atoms with Gasteiger partial charge in [-0.1, -0.05) is 12.1 Å². The molecule has 1 N–H and O–H groups in total. The smallest absolute Gasteiger partial charge is 0.416 e. The van der Waals surface area contributed by atoms with Gasteiger partial charge in [0.15, 0.2) is 0 Å². The second-order valence-electron chi connectivity index (χ2n) is 5.26. The molecule has 0 unspecified atom stereocenters.